The molecule has 0 saturated heterocycles. The number of thiazole rings is 1. The molecule has 2 rings (SSSR count). The maximum absolute atomic E-state index is 11.4. The fraction of sp³-hybridized carbons (Fsp3) is 0.556. The fourth-order valence-electron chi connectivity index (χ4n) is 1.52. The van der Waals surface area contributed by atoms with Crippen LogP contribution in [0.2, 0.25) is 0 Å². The number of hydrogen-bond donors (Lipinski definition) is 2. The van der Waals surface area contributed by atoms with Crippen LogP contribution in [0.15, 0.2) is 10.9 Å². The zero-order valence-electron chi connectivity index (χ0n) is 7.64. The van der Waals surface area contributed by atoms with E-state index in [1.807, 2.05) is 0 Å². The molecule has 4 nitrogen and oxygen atoms in total. The summed E-state index contributed by atoms with van der Waals surface area (Å²) in [7, 11) is 0. The molecule has 1 aromatic heterocycles. The number of nitrogens with one attached hydrogen (secondary N) is 1. The fourth-order valence-corrected chi connectivity index (χ4v) is 2.05. The van der Waals surface area contributed by atoms with Crippen LogP contribution < -0.4 is 5.32 Å². The van der Waals surface area contributed by atoms with E-state index < -0.39 is 0 Å². The van der Waals surface area contributed by atoms with Crippen molar-refractivity contribution < 1.29 is 9.90 Å². The first-order valence-electron chi connectivity index (χ1n) is 4.60. The number of hydrogen-bond acceptors (Lipinski definition) is 4. The Labute approximate surface area is 86.0 Å². The van der Waals surface area contributed by atoms with E-state index in [9.17, 15) is 4.79 Å². The van der Waals surface area contributed by atoms with E-state index in [1.165, 1.54) is 11.3 Å². The van der Waals surface area contributed by atoms with Gasteiger partial charge in [0.15, 0.2) is 0 Å². The van der Waals surface area contributed by atoms with Gasteiger partial charge in [-0.1, -0.05) is 0 Å². The van der Waals surface area contributed by atoms with Crippen molar-refractivity contribution in [2.75, 3.05) is 6.54 Å². The van der Waals surface area contributed by atoms with Crippen molar-refractivity contribution in [3.8, 4) is 0 Å². The number of aliphatic hydroxyl groups excluding tert-OH is 1. The Morgan fingerprint density at radius 2 is 2.50 bits per heavy atom. The molecule has 1 heterocycles. The molecular formula is C9H12N2O2S. The second kappa shape index (κ2) is 4.06. The lowest BCUT2D eigenvalue weighted by Gasteiger charge is -2.31. The molecule has 1 amide bonds. The van der Waals surface area contributed by atoms with E-state index in [1.54, 1.807) is 10.9 Å². The van der Waals surface area contributed by atoms with Crippen molar-refractivity contribution in [1.82, 2.24) is 10.3 Å². The molecule has 1 aliphatic carbocycles. The molecule has 1 aromatic rings. The first kappa shape index (κ1) is 9.61. The summed E-state index contributed by atoms with van der Waals surface area (Å²) >= 11 is 1.41. The Hall–Kier alpha value is -0.940. The van der Waals surface area contributed by atoms with Crippen LogP contribution in [0, 0.1) is 5.92 Å². The van der Waals surface area contributed by atoms with Crippen molar-refractivity contribution >= 4 is 17.2 Å². The third-order valence-electron chi connectivity index (χ3n) is 2.43. The van der Waals surface area contributed by atoms with Crippen molar-refractivity contribution in [1.29, 1.82) is 0 Å². The van der Waals surface area contributed by atoms with Gasteiger partial charge in [-0.3, -0.25) is 4.79 Å². The number of aliphatic hydroxyl groups is 1. The summed E-state index contributed by atoms with van der Waals surface area (Å²) in [5, 5.41) is 13.6. The van der Waals surface area contributed by atoms with Gasteiger partial charge in [0, 0.05) is 11.9 Å². The van der Waals surface area contributed by atoms with Crippen molar-refractivity contribution in [2.24, 2.45) is 5.92 Å². The predicted octanol–water partition coefficient (Wildman–Crippen LogP) is 0.644. The first-order valence-corrected chi connectivity index (χ1v) is 5.54. The van der Waals surface area contributed by atoms with Crippen LogP contribution in [0.3, 0.4) is 0 Å². The minimum atomic E-state index is -0.156. The highest BCUT2D eigenvalue weighted by molar-refractivity contribution is 7.07. The molecule has 76 valence electrons. The van der Waals surface area contributed by atoms with Gasteiger partial charge in [0.25, 0.3) is 5.91 Å². The second-order valence-electron chi connectivity index (χ2n) is 3.57. The van der Waals surface area contributed by atoms with Gasteiger partial charge in [0.2, 0.25) is 0 Å². The Morgan fingerprint density at radius 1 is 1.71 bits per heavy atom. The summed E-state index contributed by atoms with van der Waals surface area (Å²) in [5.74, 6) is 0.320. The minimum Gasteiger partial charge on any atom is -0.393 e. The normalized spacial score (nSPS) is 25.5. The summed E-state index contributed by atoms with van der Waals surface area (Å²) in [5.41, 5.74) is 2.12. The molecule has 2 N–H and O–H groups in total. The number of aromatic nitrogens is 1. The van der Waals surface area contributed by atoms with Crippen LogP contribution in [0.5, 0.6) is 0 Å². The molecule has 0 spiro atoms. The SMILES string of the molecule is O=C(NCC1CC(O)C1)c1cscn1. The lowest BCUT2D eigenvalue weighted by Crippen LogP contribution is -2.38. The number of amides is 1. The quantitative estimate of drug-likeness (QED) is 0.773. The molecule has 0 aliphatic heterocycles. The topological polar surface area (TPSA) is 62.2 Å². The monoisotopic (exact) mass is 212 g/mol. The molecular weight excluding hydrogens is 200 g/mol. The molecule has 1 aliphatic rings. The maximum Gasteiger partial charge on any atom is 0.270 e. The van der Waals surface area contributed by atoms with Gasteiger partial charge in [-0.15, -0.1) is 11.3 Å². The number of carbonyl (C=O) groups excluding carboxylic acids is 1. The summed E-state index contributed by atoms with van der Waals surface area (Å²) in [6.45, 7) is 0.646. The predicted molar refractivity (Wildman–Crippen MR) is 53.2 cm³/mol. The van der Waals surface area contributed by atoms with Gasteiger partial charge >= 0.3 is 0 Å². The molecule has 5 heteroatoms. The molecule has 0 atom stereocenters. The van der Waals surface area contributed by atoms with Crippen molar-refractivity contribution in [2.45, 2.75) is 18.9 Å². The third-order valence-corrected chi connectivity index (χ3v) is 3.01. The Kier molecular flexibility index (Phi) is 2.79. The van der Waals surface area contributed by atoms with Crippen LogP contribution in [-0.2, 0) is 0 Å². The van der Waals surface area contributed by atoms with E-state index in [-0.39, 0.29) is 12.0 Å². The van der Waals surface area contributed by atoms with Gasteiger partial charge in [-0.05, 0) is 18.8 Å². The Bertz CT molecular complexity index is 307. The van der Waals surface area contributed by atoms with E-state index in [4.69, 9.17) is 5.11 Å². The Morgan fingerprint density at radius 3 is 3.07 bits per heavy atom. The highest BCUT2D eigenvalue weighted by atomic mass is 32.1. The highest BCUT2D eigenvalue weighted by Crippen LogP contribution is 2.26. The second-order valence-corrected chi connectivity index (χ2v) is 4.29. The first-order chi connectivity index (χ1) is 6.75. The molecule has 1 fully saturated rings. The molecule has 0 radical (unpaired) electrons. The van der Waals surface area contributed by atoms with Gasteiger partial charge in [0.05, 0.1) is 11.6 Å². The third kappa shape index (κ3) is 2.10. The highest BCUT2D eigenvalue weighted by Gasteiger charge is 2.27. The van der Waals surface area contributed by atoms with Gasteiger partial charge in [0.1, 0.15) is 5.69 Å². The average Bonchev–Trinajstić information content (AvgIpc) is 2.62. The number of rotatable bonds is 3. The summed E-state index contributed by atoms with van der Waals surface area (Å²) < 4.78 is 0. The standard InChI is InChI=1S/C9H12N2O2S/c12-7-1-6(2-7)3-10-9(13)8-4-14-5-11-8/h4-7,12H,1-3H2,(H,10,13). The van der Waals surface area contributed by atoms with Crippen LogP contribution in [-0.4, -0.2) is 28.6 Å². The smallest absolute Gasteiger partial charge is 0.270 e. The zero-order chi connectivity index (χ0) is 9.97. The van der Waals surface area contributed by atoms with E-state index in [0.717, 1.165) is 12.8 Å². The van der Waals surface area contributed by atoms with Gasteiger partial charge in [-0.25, -0.2) is 4.98 Å². The molecule has 0 aromatic carbocycles. The average molecular weight is 212 g/mol. The van der Waals surface area contributed by atoms with Crippen molar-refractivity contribution in [3.63, 3.8) is 0 Å². The van der Waals surface area contributed by atoms with Crippen molar-refractivity contribution in [3.05, 3.63) is 16.6 Å². The summed E-state index contributed by atoms with van der Waals surface area (Å²) in [6.07, 6.45) is 1.45. The van der Waals surface area contributed by atoms with E-state index >= 15 is 0 Å². The van der Waals surface area contributed by atoms with Crippen LogP contribution in [0.25, 0.3) is 0 Å². The van der Waals surface area contributed by atoms with Crippen LogP contribution >= 0.6 is 11.3 Å². The Balaban J connectivity index is 1.74. The molecule has 1 saturated carbocycles. The lowest BCUT2D eigenvalue weighted by atomic mass is 9.82. The van der Waals surface area contributed by atoms with Crippen LogP contribution in [0.1, 0.15) is 23.3 Å². The molecule has 0 unspecified atom stereocenters. The van der Waals surface area contributed by atoms with Gasteiger partial charge in [-0.2, -0.15) is 0 Å². The maximum atomic E-state index is 11.4. The van der Waals surface area contributed by atoms with Gasteiger partial charge < -0.3 is 10.4 Å². The lowest BCUT2D eigenvalue weighted by molar-refractivity contribution is 0.0420. The van der Waals surface area contributed by atoms with Crippen LogP contribution in [0.4, 0.5) is 0 Å². The van der Waals surface area contributed by atoms with E-state index in [2.05, 4.69) is 10.3 Å². The minimum absolute atomic E-state index is 0.118. The zero-order valence-corrected chi connectivity index (χ0v) is 8.46. The molecule has 0 bridgehead atoms. The molecule has 14 heavy (non-hydrogen) atoms. The summed E-state index contributed by atoms with van der Waals surface area (Å²) in [4.78, 5) is 15.3. The van der Waals surface area contributed by atoms with E-state index in [0.29, 0.717) is 18.2 Å². The number of carbonyl (C=O) groups is 1. The largest absolute Gasteiger partial charge is 0.393 e. The number of nitrogens with zero attached hydrogens (tertiary/aromatic N) is 1. The summed E-state index contributed by atoms with van der Waals surface area (Å²) in [6, 6.07) is 0.